The molecule has 3 aromatic rings. The zero-order valence-corrected chi connectivity index (χ0v) is 23.4. The first kappa shape index (κ1) is 28.7. The minimum absolute atomic E-state index is 0.0225. The van der Waals surface area contributed by atoms with E-state index in [1.165, 1.54) is 0 Å². The first-order valence-corrected chi connectivity index (χ1v) is 14.3. The fourth-order valence-corrected chi connectivity index (χ4v) is 5.59. The Labute approximate surface area is 240 Å². The lowest BCUT2D eigenvalue weighted by Crippen LogP contribution is -2.44. The summed E-state index contributed by atoms with van der Waals surface area (Å²) in [6.07, 6.45) is 8.47. The number of carbonyl (C=O) groups is 2. The van der Waals surface area contributed by atoms with Crippen LogP contribution in [0, 0.1) is 11.8 Å². The lowest BCUT2D eigenvalue weighted by Gasteiger charge is -2.28. The fourth-order valence-electron chi connectivity index (χ4n) is 5.59. The minimum atomic E-state index is -1.80. The number of nitrogens with one attached hydrogen (secondary N) is 2. The van der Waals surface area contributed by atoms with Crippen LogP contribution in [-0.4, -0.2) is 56.7 Å². The van der Waals surface area contributed by atoms with Gasteiger partial charge in [-0.15, -0.1) is 5.10 Å². The van der Waals surface area contributed by atoms with Crippen molar-refractivity contribution in [2.45, 2.75) is 51.3 Å². The Kier molecular flexibility index (Phi) is 8.92. The molecule has 1 unspecified atom stereocenters. The summed E-state index contributed by atoms with van der Waals surface area (Å²) < 4.78 is 1.71. The van der Waals surface area contributed by atoms with Gasteiger partial charge >= 0.3 is 0 Å². The Balaban J connectivity index is 1.37. The predicted octanol–water partition coefficient (Wildman–Crippen LogP) is 2.77. The first-order valence-electron chi connectivity index (χ1n) is 14.3. The van der Waals surface area contributed by atoms with Crippen molar-refractivity contribution >= 4 is 23.2 Å². The monoisotopic (exact) mass is 558 g/mol. The van der Waals surface area contributed by atoms with Gasteiger partial charge in [0.25, 0.3) is 5.91 Å². The maximum absolute atomic E-state index is 13.9. The van der Waals surface area contributed by atoms with Crippen LogP contribution < -0.4 is 15.5 Å². The topological polar surface area (TPSA) is 133 Å². The standard InChI is InChI=1S/C31H38N6O4/c1-22(8-5-6-16-36-21-26(14-17-38)34-35-36)31(41)27-18-25(33-29(39)24-11-7-15-32-19-24)12-13-28(27)37(30(31)40)20-23-9-3-2-4-10-23/h2-5,8-10,12-13,18,21-22,24,32,38,41H,6-7,11,14-17,19-20H2,1H3,(H,33,39)/b8-5+/t22-,24?,31+/m1/s1. The number of fused-ring (bicyclic) bond motifs is 1. The molecule has 0 saturated carbocycles. The Hall–Kier alpha value is -3.86. The third-order valence-electron chi connectivity index (χ3n) is 7.95. The molecule has 2 amide bonds. The summed E-state index contributed by atoms with van der Waals surface area (Å²) in [5, 5.41) is 35.6. The molecule has 4 N–H and O–H groups in total. The molecule has 1 fully saturated rings. The van der Waals surface area contributed by atoms with Crippen LogP contribution in [0.25, 0.3) is 0 Å². The molecule has 216 valence electrons. The molecule has 3 heterocycles. The number of piperidine rings is 1. The SMILES string of the molecule is C[C@H](/C=C/CCn1cc(CCO)nn1)[C@@]1(O)C(=O)N(Cc2ccccc2)c2ccc(NC(=O)C3CCCNC3)cc21. The summed E-state index contributed by atoms with van der Waals surface area (Å²) >= 11 is 0. The van der Waals surface area contributed by atoms with Gasteiger partial charge in [-0.25, -0.2) is 0 Å². The molecule has 5 rings (SSSR count). The number of amides is 2. The Bertz CT molecular complexity index is 1380. The summed E-state index contributed by atoms with van der Waals surface area (Å²) in [6, 6.07) is 15.0. The molecule has 3 atom stereocenters. The van der Waals surface area contributed by atoms with Crippen molar-refractivity contribution in [3.63, 3.8) is 0 Å². The van der Waals surface area contributed by atoms with E-state index in [4.69, 9.17) is 5.11 Å². The second-order valence-corrected chi connectivity index (χ2v) is 10.9. The minimum Gasteiger partial charge on any atom is -0.396 e. The van der Waals surface area contributed by atoms with Crippen LogP contribution in [-0.2, 0) is 34.7 Å². The number of anilines is 2. The maximum Gasteiger partial charge on any atom is 0.264 e. The van der Waals surface area contributed by atoms with Crippen molar-refractivity contribution < 1.29 is 19.8 Å². The molecule has 0 radical (unpaired) electrons. The Morgan fingerprint density at radius 3 is 2.85 bits per heavy atom. The van der Waals surface area contributed by atoms with Gasteiger partial charge in [-0.2, -0.15) is 0 Å². The Morgan fingerprint density at radius 1 is 1.27 bits per heavy atom. The van der Waals surface area contributed by atoms with Crippen LogP contribution in [0.5, 0.6) is 0 Å². The van der Waals surface area contributed by atoms with Crippen molar-refractivity contribution in [3.8, 4) is 0 Å². The second-order valence-electron chi connectivity index (χ2n) is 10.9. The molecular weight excluding hydrogens is 520 g/mol. The number of hydrogen-bond acceptors (Lipinski definition) is 7. The normalized spacial score (nSPS) is 21.3. The number of aliphatic hydroxyl groups excluding tert-OH is 1. The number of carbonyl (C=O) groups excluding carboxylic acids is 2. The number of hydrogen-bond donors (Lipinski definition) is 4. The highest BCUT2D eigenvalue weighted by Crippen LogP contribution is 2.47. The molecular formula is C31H38N6O4. The van der Waals surface area contributed by atoms with Crippen LogP contribution in [0.3, 0.4) is 0 Å². The number of aryl methyl sites for hydroxylation is 1. The van der Waals surface area contributed by atoms with Crippen molar-refractivity contribution in [1.29, 1.82) is 0 Å². The van der Waals surface area contributed by atoms with Gasteiger partial charge in [-0.1, -0.05) is 54.6 Å². The third kappa shape index (κ3) is 6.24. The zero-order chi connectivity index (χ0) is 28.8. The summed E-state index contributed by atoms with van der Waals surface area (Å²) in [5.74, 6) is -1.10. The molecule has 2 aromatic carbocycles. The highest BCUT2D eigenvalue weighted by Gasteiger charge is 2.52. The predicted molar refractivity (Wildman–Crippen MR) is 156 cm³/mol. The largest absolute Gasteiger partial charge is 0.396 e. The first-order chi connectivity index (χ1) is 19.9. The van der Waals surface area contributed by atoms with E-state index in [1.807, 2.05) is 55.5 Å². The third-order valence-corrected chi connectivity index (χ3v) is 7.95. The van der Waals surface area contributed by atoms with Crippen LogP contribution in [0.2, 0.25) is 0 Å². The van der Waals surface area contributed by atoms with E-state index in [1.54, 1.807) is 27.9 Å². The Morgan fingerprint density at radius 2 is 2.10 bits per heavy atom. The van der Waals surface area contributed by atoms with Gasteiger partial charge in [0.2, 0.25) is 5.91 Å². The highest BCUT2D eigenvalue weighted by molar-refractivity contribution is 6.08. The number of aliphatic hydroxyl groups is 2. The molecule has 0 bridgehead atoms. The van der Waals surface area contributed by atoms with Crippen molar-refractivity contribution in [2.75, 3.05) is 29.9 Å². The van der Waals surface area contributed by atoms with Crippen molar-refractivity contribution in [3.05, 3.63) is 83.7 Å². The summed E-state index contributed by atoms with van der Waals surface area (Å²) in [5.41, 5.74) is 1.57. The molecule has 1 saturated heterocycles. The molecule has 1 aromatic heterocycles. The lowest BCUT2D eigenvalue weighted by atomic mass is 9.82. The van der Waals surface area contributed by atoms with Crippen LogP contribution in [0.1, 0.15) is 43.0 Å². The zero-order valence-electron chi connectivity index (χ0n) is 23.4. The average molecular weight is 559 g/mol. The quantitative estimate of drug-likeness (QED) is 0.266. The van der Waals surface area contributed by atoms with Gasteiger partial charge in [0, 0.05) is 49.5 Å². The lowest BCUT2D eigenvalue weighted by molar-refractivity contribution is -0.139. The van der Waals surface area contributed by atoms with Gasteiger partial charge < -0.3 is 25.7 Å². The summed E-state index contributed by atoms with van der Waals surface area (Å²) in [4.78, 5) is 28.5. The van der Waals surface area contributed by atoms with Crippen molar-refractivity contribution in [1.82, 2.24) is 20.3 Å². The van der Waals surface area contributed by atoms with Gasteiger partial charge in [0.05, 0.1) is 23.8 Å². The maximum atomic E-state index is 13.9. The molecule has 0 aliphatic carbocycles. The smallest absolute Gasteiger partial charge is 0.264 e. The molecule has 10 heteroatoms. The van der Waals surface area contributed by atoms with E-state index in [0.717, 1.165) is 30.6 Å². The molecule has 0 spiro atoms. The van der Waals surface area contributed by atoms with E-state index in [-0.39, 0.29) is 18.4 Å². The number of benzene rings is 2. The molecule has 41 heavy (non-hydrogen) atoms. The highest BCUT2D eigenvalue weighted by atomic mass is 16.3. The van der Waals surface area contributed by atoms with Crippen molar-refractivity contribution in [2.24, 2.45) is 11.8 Å². The van der Waals surface area contributed by atoms with E-state index >= 15 is 0 Å². The van der Waals surface area contributed by atoms with Gasteiger partial charge in [0.15, 0.2) is 5.60 Å². The van der Waals surface area contributed by atoms with Crippen LogP contribution >= 0.6 is 0 Å². The average Bonchev–Trinajstić information content (AvgIpc) is 3.53. The fraction of sp³-hybridized carbons (Fsp3) is 0.419. The number of rotatable bonds is 11. The van der Waals surface area contributed by atoms with Gasteiger partial charge in [-0.05, 0) is 49.6 Å². The van der Waals surface area contributed by atoms with Crippen LogP contribution in [0.15, 0.2) is 66.9 Å². The van der Waals surface area contributed by atoms with Crippen LogP contribution in [0.4, 0.5) is 11.4 Å². The molecule has 2 aliphatic rings. The summed E-state index contributed by atoms with van der Waals surface area (Å²) in [6.45, 7) is 4.32. The van der Waals surface area contributed by atoms with Gasteiger partial charge in [-0.3, -0.25) is 14.3 Å². The van der Waals surface area contributed by atoms with Gasteiger partial charge in [0.1, 0.15) is 0 Å². The summed E-state index contributed by atoms with van der Waals surface area (Å²) in [7, 11) is 0. The number of aromatic nitrogens is 3. The number of nitrogens with zero attached hydrogens (tertiary/aromatic N) is 4. The molecule has 2 aliphatic heterocycles. The molecule has 10 nitrogen and oxygen atoms in total. The van der Waals surface area contributed by atoms with E-state index < -0.39 is 17.4 Å². The number of allylic oxidation sites excluding steroid dienone is 1. The van der Waals surface area contributed by atoms with E-state index in [9.17, 15) is 14.7 Å². The second kappa shape index (κ2) is 12.8. The van der Waals surface area contributed by atoms with E-state index in [0.29, 0.717) is 49.4 Å². The van der Waals surface area contributed by atoms with E-state index in [2.05, 4.69) is 20.9 Å².